The number of nitrogens with one attached hydrogen (secondary N) is 1. The summed E-state index contributed by atoms with van der Waals surface area (Å²) in [6, 6.07) is 0. The molecule has 1 unspecified atom stereocenters. The molecule has 1 fully saturated rings. The van der Waals surface area contributed by atoms with Crippen LogP contribution in [0.3, 0.4) is 0 Å². The molecular formula is C12H18N6O. The third kappa shape index (κ3) is 2.93. The maximum atomic E-state index is 5.60. The SMILES string of the molecule is Cn1nncc1CNc1cnn(CC2CCCO2)c1. The Labute approximate surface area is 111 Å². The molecule has 1 atom stereocenters. The molecule has 0 saturated carbocycles. The number of aryl methyl sites for hydroxylation is 1. The standard InChI is InChI=1S/C12H18N6O/c1-17-11(7-14-16-17)6-13-10-5-15-18(8-10)9-12-3-2-4-19-12/h5,7-8,12-13H,2-4,6,9H2,1H3. The van der Waals surface area contributed by atoms with E-state index in [4.69, 9.17) is 4.74 Å². The molecule has 2 aromatic heterocycles. The molecule has 1 saturated heterocycles. The van der Waals surface area contributed by atoms with Gasteiger partial charge < -0.3 is 10.1 Å². The van der Waals surface area contributed by atoms with Crippen LogP contribution in [0.25, 0.3) is 0 Å². The van der Waals surface area contributed by atoms with Crippen molar-refractivity contribution in [3.05, 3.63) is 24.3 Å². The molecule has 0 aliphatic carbocycles. The van der Waals surface area contributed by atoms with E-state index in [1.54, 1.807) is 10.9 Å². The molecule has 2 aromatic rings. The number of rotatable bonds is 5. The quantitative estimate of drug-likeness (QED) is 0.863. The second-order valence-electron chi connectivity index (χ2n) is 4.79. The zero-order valence-corrected chi connectivity index (χ0v) is 11.0. The fraction of sp³-hybridized carbons (Fsp3) is 0.583. The first kappa shape index (κ1) is 12.2. The van der Waals surface area contributed by atoms with Crippen molar-refractivity contribution in [3.63, 3.8) is 0 Å². The van der Waals surface area contributed by atoms with Crippen LogP contribution in [0, 0.1) is 0 Å². The highest BCUT2D eigenvalue weighted by atomic mass is 16.5. The van der Waals surface area contributed by atoms with Gasteiger partial charge in [-0.2, -0.15) is 5.10 Å². The van der Waals surface area contributed by atoms with Crippen LogP contribution in [0.4, 0.5) is 5.69 Å². The van der Waals surface area contributed by atoms with Crippen LogP contribution in [0.15, 0.2) is 18.6 Å². The Hall–Kier alpha value is -1.89. The summed E-state index contributed by atoms with van der Waals surface area (Å²) in [6.45, 7) is 2.40. The highest BCUT2D eigenvalue weighted by Crippen LogP contribution is 2.15. The van der Waals surface area contributed by atoms with E-state index >= 15 is 0 Å². The average Bonchev–Trinajstić information content (AvgIpc) is 3.10. The number of ether oxygens (including phenoxy) is 1. The van der Waals surface area contributed by atoms with Gasteiger partial charge in [0.05, 0.1) is 43.0 Å². The van der Waals surface area contributed by atoms with Crippen molar-refractivity contribution in [2.24, 2.45) is 7.05 Å². The van der Waals surface area contributed by atoms with Crippen LogP contribution in [0.2, 0.25) is 0 Å². The fourth-order valence-corrected chi connectivity index (χ4v) is 2.22. The number of anilines is 1. The van der Waals surface area contributed by atoms with Gasteiger partial charge in [0.1, 0.15) is 0 Å². The van der Waals surface area contributed by atoms with Crippen molar-refractivity contribution < 1.29 is 4.74 Å². The van der Waals surface area contributed by atoms with Gasteiger partial charge in [-0.05, 0) is 12.8 Å². The summed E-state index contributed by atoms with van der Waals surface area (Å²) in [6.07, 6.45) is 8.19. The number of aromatic nitrogens is 5. The first-order chi connectivity index (χ1) is 9.31. The van der Waals surface area contributed by atoms with Crippen LogP contribution in [-0.2, 0) is 24.9 Å². The van der Waals surface area contributed by atoms with E-state index in [-0.39, 0.29) is 0 Å². The highest BCUT2D eigenvalue weighted by molar-refractivity contribution is 5.38. The highest BCUT2D eigenvalue weighted by Gasteiger charge is 2.16. The van der Waals surface area contributed by atoms with Crippen LogP contribution in [0.5, 0.6) is 0 Å². The van der Waals surface area contributed by atoms with Crippen molar-refractivity contribution in [2.75, 3.05) is 11.9 Å². The lowest BCUT2D eigenvalue weighted by atomic mass is 10.2. The molecule has 7 heteroatoms. The zero-order chi connectivity index (χ0) is 13.1. The molecule has 0 radical (unpaired) electrons. The van der Waals surface area contributed by atoms with E-state index < -0.39 is 0 Å². The minimum atomic E-state index is 0.314. The molecule has 0 spiro atoms. The Morgan fingerprint density at radius 3 is 3.16 bits per heavy atom. The molecule has 0 aromatic carbocycles. The van der Waals surface area contributed by atoms with Gasteiger partial charge in [0.2, 0.25) is 0 Å². The Morgan fingerprint density at radius 2 is 2.42 bits per heavy atom. The lowest BCUT2D eigenvalue weighted by Gasteiger charge is -2.08. The molecule has 3 rings (SSSR count). The second kappa shape index (κ2) is 5.40. The van der Waals surface area contributed by atoms with Gasteiger partial charge >= 0.3 is 0 Å². The van der Waals surface area contributed by atoms with Crippen molar-refractivity contribution in [3.8, 4) is 0 Å². The van der Waals surface area contributed by atoms with Gasteiger partial charge in [-0.3, -0.25) is 9.36 Å². The summed E-state index contributed by atoms with van der Waals surface area (Å²) in [4.78, 5) is 0. The molecule has 0 amide bonds. The summed E-state index contributed by atoms with van der Waals surface area (Å²) in [5.41, 5.74) is 2.03. The molecule has 7 nitrogen and oxygen atoms in total. The summed E-state index contributed by atoms with van der Waals surface area (Å²) in [7, 11) is 1.88. The maximum Gasteiger partial charge on any atom is 0.0774 e. The van der Waals surface area contributed by atoms with E-state index in [9.17, 15) is 0 Å². The summed E-state index contributed by atoms with van der Waals surface area (Å²) in [5, 5.41) is 15.4. The van der Waals surface area contributed by atoms with Gasteiger partial charge in [-0.25, -0.2) is 0 Å². The molecule has 1 aliphatic heterocycles. The largest absolute Gasteiger partial charge is 0.377 e. The van der Waals surface area contributed by atoms with Crippen molar-refractivity contribution in [1.82, 2.24) is 24.8 Å². The van der Waals surface area contributed by atoms with Gasteiger partial charge in [0.15, 0.2) is 0 Å². The second-order valence-corrected chi connectivity index (χ2v) is 4.79. The van der Waals surface area contributed by atoms with Gasteiger partial charge in [0.25, 0.3) is 0 Å². The Bertz CT molecular complexity index is 528. The lowest BCUT2D eigenvalue weighted by Crippen LogP contribution is -2.15. The van der Waals surface area contributed by atoms with Crippen LogP contribution in [-0.4, -0.2) is 37.5 Å². The van der Waals surface area contributed by atoms with Crippen molar-refractivity contribution >= 4 is 5.69 Å². The Morgan fingerprint density at radius 1 is 1.47 bits per heavy atom. The van der Waals surface area contributed by atoms with Gasteiger partial charge in [0, 0.05) is 19.9 Å². The lowest BCUT2D eigenvalue weighted by molar-refractivity contribution is 0.0940. The van der Waals surface area contributed by atoms with E-state index in [2.05, 4.69) is 20.7 Å². The number of hydrogen-bond donors (Lipinski definition) is 1. The van der Waals surface area contributed by atoms with E-state index in [0.717, 1.165) is 37.4 Å². The maximum absolute atomic E-state index is 5.60. The Kier molecular flexibility index (Phi) is 3.45. The van der Waals surface area contributed by atoms with E-state index in [1.165, 1.54) is 0 Å². The normalized spacial score (nSPS) is 18.9. The summed E-state index contributed by atoms with van der Waals surface area (Å²) < 4.78 is 9.28. The molecular weight excluding hydrogens is 244 g/mol. The van der Waals surface area contributed by atoms with E-state index in [1.807, 2.05) is 24.1 Å². The molecule has 19 heavy (non-hydrogen) atoms. The third-order valence-corrected chi connectivity index (χ3v) is 3.33. The van der Waals surface area contributed by atoms with E-state index in [0.29, 0.717) is 12.6 Å². The summed E-state index contributed by atoms with van der Waals surface area (Å²) in [5.74, 6) is 0. The van der Waals surface area contributed by atoms with Crippen LogP contribution >= 0.6 is 0 Å². The summed E-state index contributed by atoms with van der Waals surface area (Å²) >= 11 is 0. The van der Waals surface area contributed by atoms with Crippen LogP contribution < -0.4 is 5.32 Å². The van der Waals surface area contributed by atoms with Gasteiger partial charge in [-0.15, -0.1) is 5.10 Å². The number of nitrogens with zero attached hydrogens (tertiary/aromatic N) is 5. The molecule has 1 aliphatic rings. The minimum Gasteiger partial charge on any atom is -0.377 e. The topological polar surface area (TPSA) is 69.8 Å². The molecule has 1 N–H and O–H groups in total. The molecule has 3 heterocycles. The van der Waals surface area contributed by atoms with Crippen molar-refractivity contribution in [1.29, 1.82) is 0 Å². The van der Waals surface area contributed by atoms with Crippen LogP contribution in [0.1, 0.15) is 18.5 Å². The zero-order valence-electron chi connectivity index (χ0n) is 11.0. The monoisotopic (exact) mass is 262 g/mol. The number of hydrogen-bond acceptors (Lipinski definition) is 5. The first-order valence-corrected chi connectivity index (χ1v) is 6.53. The third-order valence-electron chi connectivity index (χ3n) is 3.33. The Balaban J connectivity index is 1.54. The first-order valence-electron chi connectivity index (χ1n) is 6.53. The average molecular weight is 262 g/mol. The predicted octanol–water partition coefficient (Wildman–Crippen LogP) is 0.803. The van der Waals surface area contributed by atoms with Gasteiger partial charge in [-0.1, -0.05) is 5.21 Å². The molecule has 0 bridgehead atoms. The minimum absolute atomic E-state index is 0.314. The molecule has 102 valence electrons. The predicted molar refractivity (Wildman–Crippen MR) is 69.5 cm³/mol. The van der Waals surface area contributed by atoms with Crippen molar-refractivity contribution in [2.45, 2.75) is 32.0 Å². The smallest absolute Gasteiger partial charge is 0.0774 e. The fourth-order valence-electron chi connectivity index (χ4n) is 2.22.